The zero-order valence-electron chi connectivity index (χ0n) is 11.2. The minimum atomic E-state index is -0.144. The first-order valence-electron chi connectivity index (χ1n) is 6.15. The van der Waals surface area contributed by atoms with Crippen molar-refractivity contribution in [1.29, 1.82) is 0 Å². The number of nitrogens with one attached hydrogen (secondary N) is 1. The highest BCUT2D eigenvalue weighted by molar-refractivity contribution is 7.99. The molecule has 0 aliphatic rings. The number of nitrogen functional groups attached to an aromatic ring is 1. The molecule has 0 aliphatic heterocycles. The zero-order chi connectivity index (χ0) is 13.5. The van der Waals surface area contributed by atoms with Gasteiger partial charge in [0.15, 0.2) is 0 Å². The van der Waals surface area contributed by atoms with Gasteiger partial charge in [0.05, 0.1) is 5.56 Å². The SMILES string of the molecule is CCSCCC(C)NC(=O)c1cnc(C)cc1N. The van der Waals surface area contributed by atoms with E-state index in [2.05, 4.69) is 17.2 Å². The van der Waals surface area contributed by atoms with Crippen LogP contribution in [-0.2, 0) is 0 Å². The van der Waals surface area contributed by atoms with Crippen LogP contribution < -0.4 is 11.1 Å². The molecule has 1 aromatic rings. The van der Waals surface area contributed by atoms with Crippen LogP contribution in [0, 0.1) is 6.92 Å². The van der Waals surface area contributed by atoms with Gasteiger partial charge in [-0.1, -0.05) is 6.92 Å². The van der Waals surface area contributed by atoms with E-state index in [4.69, 9.17) is 5.73 Å². The maximum atomic E-state index is 12.0. The number of aryl methyl sites for hydroxylation is 1. The molecule has 0 radical (unpaired) electrons. The van der Waals surface area contributed by atoms with Crippen molar-refractivity contribution in [3.8, 4) is 0 Å². The largest absolute Gasteiger partial charge is 0.398 e. The molecule has 3 N–H and O–H groups in total. The number of rotatable bonds is 6. The van der Waals surface area contributed by atoms with Gasteiger partial charge in [-0.15, -0.1) is 0 Å². The van der Waals surface area contributed by atoms with Gasteiger partial charge in [-0.05, 0) is 37.8 Å². The van der Waals surface area contributed by atoms with E-state index in [0.717, 1.165) is 23.6 Å². The molecule has 1 aromatic heterocycles. The number of hydrogen-bond acceptors (Lipinski definition) is 4. The molecule has 0 saturated heterocycles. The zero-order valence-corrected chi connectivity index (χ0v) is 12.0. The first-order chi connectivity index (χ1) is 8.54. The third kappa shape index (κ3) is 4.56. The molecular weight excluding hydrogens is 246 g/mol. The van der Waals surface area contributed by atoms with Crippen molar-refractivity contribution in [3.05, 3.63) is 23.5 Å². The number of thioether (sulfide) groups is 1. The van der Waals surface area contributed by atoms with Crippen LogP contribution in [-0.4, -0.2) is 28.4 Å². The van der Waals surface area contributed by atoms with Crippen molar-refractivity contribution in [2.45, 2.75) is 33.2 Å². The Balaban J connectivity index is 2.54. The molecule has 100 valence electrons. The maximum absolute atomic E-state index is 12.0. The summed E-state index contributed by atoms with van der Waals surface area (Å²) in [5.41, 5.74) is 7.57. The summed E-state index contributed by atoms with van der Waals surface area (Å²) in [5, 5.41) is 2.94. The third-order valence-corrected chi connectivity index (χ3v) is 3.53. The van der Waals surface area contributed by atoms with E-state index in [-0.39, 0.29) is 11.9 Å². The highest BCUT2D eigenvalue weighted by Crippen LogP contribution is 2.12. The molecular formula is C13H21N3OS. The van der Waals surface area contributed by atoms with E-state index in [0.29, 0.717) is 11.3 Å². The lowest BCUT2D eigenvalue weighted by molar-refractivity contribution is 0.0940. The Bertz CT molecular complexity index is 409. The Labute approximate surface area is 113 Å². The van der Waals surface area contributed by atoms with Crippen LogP contribution in [0.3, 0.4) is 0 Å². The molecule has 1 amide bonds. The molecule has 0 bridgehead atoms. The van der Waals surface area contributed by atoms with E-state index in [1.165, 1.54) is 6.20 Å². The minimum absolute atomic E-state index is 0.144. The van der Waals surface area contributed by atoms with Crippen LogP contribution in [0.4, 0.5) is 5.69 Å². The highest BCUT2D eigenvalue weighted by atomic mass is 32.2. The standard InChI is InChI=1S/C13H21N3OS/c1-4-18-6-5-9(2)16-13(17)11-8-15-10(3)7-12(11)14/h7-9H,4-6H2,1-3H3,(H2,14,15)(H,16,17). The fourth-order valence-corrected chi connectivity index (χ4v) is 2.36. The molecule has 1 unspecified atom stereocenters. The van der Waals surface area contributed by atoms with Gasteiger partial charge in [0, 0.05) is 23.6 Å². The Morgan fingerprint density at radius 3 is 2.94 bits per heavy atom. The lowest BCUT2D eigenvalue weighted by Gasteiger charge is -2.14. The second kappa shape index (κ2) is 7.26. The van der Waals surface area contributed by atoms with E-state index in [1.54, 1.807) is 6.07 Å². The third-order valence-electron chi connectivity index (χ3n) is 2.59. The smallest absolute Gasteiger partial charge is 0.255 e. The average molecular weight is 267 g/mol. The van der Waals surface area contributed by atoms with Crippen molar-refractivity contribution in [1.82, 2.24) is 10.3 Å². The Kier molecular flexibility index (Phi) is 5.98. The summed E-state index contributed by atoms with van der Waals surface area (Å²) in [6, 6.07) is 1.87. The Morgan fingerprint density at radius 2 is 2.33 bits per heavy atom. The first-order valence-corrected chi connectivity index (χ1v) is 7.30. The van der Waals surface area contributed by atoms with E-state index >= 15 is 0 Å². The van der Waals surface area contributed by atoms with Gasteiger partial charge < -0.3 is 11.1 Å². The van der Waals surface area contributed by atoms with Crippen LogP contribution in [0.2, 0.25) is 0 Å². The number of aromatic nitrogens is 1. The second-order valence-electron chi connectivity index (χ2n) is 4.27. The van der Waals surface area contributed by atoms with Crippen LogP contribution in [0.25, 0.3) is 0 Å². The van der Waals surface area contributed by atoms with Crippen molar-refractivity contribution < 1.29 is 4.79 Å². The molecule has 5 heteroatoms. The summed E-state index contributed by atoms with van der Waals surface area (Å²) < 4.78 is 0. The molecule has 0 aliphatic carbocycles. The molecule has 0 saturated carbocycles. The molecule has 1 heterocycles. The molecule has 4 nitrogen and oxygen atoms in total. The number of amides is 1. The van der Waals surface area contributed by atoms with Gasteiger partial charge in [-0.25, -0.2) is 0 Å². The number of hydrogen-bond donors (Lipinski definition) is 2. The predicted molar refractivity (Wildman–Crippen MR) is 77.9 cm³/mol. The fraction of sp³-hybridized carbons (Fsp3) is 0.538. The summed E-state index contributed by atoms with van der Waals surface area (Å²) in [7, 11) is 0. The number of carbonyl (C=O) groups is 1. The van der Waals surface area contributed by atoms with Crippen molar-refractivity contribution >= 4 is 23.4 Å². The molecule has 18 heavy (non-hydrogen) atoms. The lowest BCUT2D eigenvalue weighted by atomic mass is 10.2. The van der Waals surface area contributed by atoms with Crippen molar-refractivity contribution in [2.75, 3.05) is 17.2 Å². The predicted octanol–water partition coefficient (Wildman–Crippen LogP) is 2.23. The molecule has 0 spiro atoms. The number of carbonyl (C=O) groups excluding carboxylic acids is 1. The summed E-state index contributed by atoms with van der Waals surface area (Å²) in [6.45, 7) is 5.99. The molecule has 0 aromatic carbocycles. The number of anilines is 1. The van der Waals surface area contributed by atoms with E-state index in [9.17, 15) is 4.79 Å². The first kappa shape index (κ1) is 14.8. The lowest BCUT2D eigenvalue weighted by Crippen LogP contribution is -2.33. The van der Waals surface area contributed by atoms with Crippen LogP contribution in [0.1, 0.15) is 36.3 Å². The number of nitrogens with zero attached hydrogens (tertiary/aromatic N) is 1. The van der Waals surface area contributed by atoms with Crippen LogP contribution in [0.15, 0.2) is 12.3 Å². The second-order valence-corrected chi connectivity index (χ2v) is 5.67. The normalized spacial score (nSPS) is 12.2. The van der Waals surface area contributed by atoms with Gasteiger partial charge in [-0.3, -0.25) is 9.78 Å². The van der Waals surface area contributed by atoms with Gasteiger partial charge in [-0.2, -0.15) is 11.8 Å². The highest BCUT2D eigenvalue weighted by Gasteiger charge is 2.13. The van der Waals surface area contributed by atoms with E-state index < -0.39 is 0 Å². The van der Waals surface area contributed by atoms with Crippen molar-refractivity contribution in [2.24, 2.45) is 0 Å². The van der Waals surface area contributed by atoms with Crippen LogP contribution in [0.5, 0.6) is 0 Å². The Morgan fingerprint density at radius 1 is 1.61 bits per heavy atom. The fourth-order valence-electron chi connectivity index (χ4n) is 1.55. The van der Waals surface area contributed by atoms with Gasteiger partial charge >= 0.3 is 0 Å². The quantitative estimate of drug-likeness (QED) is 0.776. The van der Waals surface area contributed by atoms with Crippen molar-refractivity contribution in [3.63, 3.8) is 0 Å². The maximum Gasteiger partial charge on any atom is 0.255 e. The monoisotopic (exact) mass is 267 g/mol. The topological polar surface area (TPSA) is 68.0 Å². The molecule has 1 rings (SSSR count). The number of pyridine rings is 1. The summed E-state index contributed by atoms with van der Waals surface area (Å²) in [4.78, 5) is 16.1. The minimum Gasteiger partial charge on any atom is -0.398 e. The van der Waals surface area contributed by atoms with Gasteiger partial charge in [0.25, 0.3) is 5.91 Å². The van der Waals surface area contributed by atoms with Crippen LogP contribution >= 0.6 is 11.8 Å². The summed E-state index contributed by atoms with van der Waals surface area (Å²) >= 11 is 1.88. The van der Waals surface area contributed by atoms with Gasteiger partial charge in [0.1, 0.15) is 0 Å². The summed E-state index contributed by atoms with van der Waals surface area (Å²) in [5.74, 6) is 2.02. The summed E-state index contributed by atoms with van der Waals surface area (Å²) in [6.07, 6.45) is 2.50. The molecule has 1 atom stereocenters. The Hall–Kier alpha value is -1.23. The average Bonchev–Trinajstić information content (AvgIpc) is 2.28. The van der Waals surface area contributed by atoms with Gasteiger partial charge in [0.2, 0.25) is 0 Å². The van der Waals surface area contributed by atoms with E-state index in [1.807, 2.05) is 25.6 Å². The number of nitrogens with two attached hydrogens (primary N) is 1. The molecule has 0 fully saturated rings.